The fraction of sp³-hybridized carbons (Fsp3) is 0.200. The van der Waals surface area contributed by atoms with Crippen molar-refractivity contribution >= 4 is 23.6 Å². The number of ether oxygens (including phenoxy) is 2. The van der Waals surface area contributed by atoms with Gasteiger partial charge in [0.1, 0.15) is 0 Å². The van der Waals surface area contributed by atoms with Gasteiger partial charge >= 0.3 is 5.97 Å². The fourth-order valence-corrected chi connectivity index (χ4v) is 2.32. The fourth-order valence-electron chi connectivity index (χ4n) is 2.32. The highest BCUT2D eigenvalue weighted by atomic mass is 19.1. The molecule has 0 N–H and O–H groups in total. The van der Waals surface area contributed by atoms with Gasteiger partial charge < -0.3 is 14.4 Å². The monoisotopic (exact) mass is 357 g/mol. The van der Waals surface area contributed by atoms with Crippen LogP contribution in [0.5, 0.6) is 5.75 Å². The first kappa shape index (κ1) is 19.2. The number of hydrogen-bond acceptors (Lipinski definition) is 4. The van der Waals surface area contributed by atoms with E-state index in [9.17, 15) is 14.0 Å². The van der Waals surface area contributed by atoms with E-state index < -0.39 is 11.8 Å². The van der Waals surface area contributed by atoms with E-state index in [1.54, 1.807) is 18.2 Å². The molecule has 5 nitrogen and oxygen atoms in total. The SMILES string of the molecule is CCN(C(=O)COC(=O)/C=C/c1ccc(OC)c(F)c1)c1ccccc1. The third-order valence-corrected chi connectivity index (χ3v) is 3.61. The van der Waals surface area contributed by atoms with Crippen LogP contribution in [0, 0.1) is 5.82 Å². The number of esters is 1. The Morgan fingerprint density at radius 2 is 1.88 bits per heavy atom. The smallest absolute Gasteiger partial charge is 0.331 e. The number of para-hydroxylation sites is 1. The molecular weight excluding hydrogens is 337 g/mol. The maximum atomic E-state index is 13.6. The van der Waals surface area contributed by atoms with Crippen molar-refractivity contribution in [3.05, 3.63) is 66.0 Å². The number of carbonyl (C=O) groups is 2. The van der Waals surface area contributed by atoms with E-state index in [1.165, 1.54) is 30.2 Å². The lowest BCUT2D eigenvalue weighted by molar-refractivity contribution is -0.142. The minimum Gasteiger partial charge on any atom is -0.494 e. The molecule has 2 aromatic rings. The van der Waals surface area contributed by atoms with E-state index in [2.05, 4.69) is 0 Å². The van der Waals surface area contributed by atoms with Crippen LogP contribution >= 0.6 is 0 Å². The molecule has 0 bridgehead atoms. The number of nitrogens with zero attached hydrogens (tertiary/aromatic N) is 1. The Bertz CT molecular complexity index is 790. The Balaban J connectivity index is 1.91. The topological polar surface area (TPSA) is 55.8 Å². The summed E-state index contributed by atoms with van der Waals surface area (Å²) in [5.74, 6) is -1.41. The van der Waals surface area contributed by atoms with Crippen LogP contribution in [0.15, 0.2) is 54.6 Å². The zero-order valence-corrected chi connectivity index (χ0v) is 14.6. The molecule has 26 heavy (non-hydrogen) atoms. The third-order valence-electron chi connectivity index (χ3n) is 3.61. The van der Waals surface area contributed by atoms with Crippen LogP contribution in [-0.2, 0) is 14.3 Å². The molecule has 0 aliphatic rings. The van der Waals surface area contributed by atoms with Crippen LogP contribution in [0.2, 0.25) is 0 Å². The van der Waals surface area contributed by atoms with Gasteiger partial charge in [0.15, 0.2) is 18.2 Å². The highest BCUT2D eigenvalue weighted by Gasteiger charge is 2.15. The van der Waals surface area contributed by atoms with Gasteiger partial charge in [-0.1, -0.05) is 24.3 Å². The Labute approximate surface area is 151 Å². The highest BCUT2D eigenvalue weighted by Crippen LogP contribution is 2.18. The standard InChI is InChI=1S/C20H20FNO4/c1-3-22(16-7-5-4-6-8-16)19(23)14-26-20(24)12-10-15-9-11-18(25-2)17(21)13-15/h4-13H,3,14H2,1-2H3/b12-10+. The molecule has 0 aliphatic carbocycles. The molecule has 0 heterocycles. The number of likely N-dealkylation sites (N-methyl/N-ethyl adjacent to an activating group) is 1. The second-order valence-corrected chi connectivity index (χ2v) is 5.31. The molecule has 0 spiro atoms. The maximum absolute atomic E-state index is 13.6. The molecule has 136 valence electrons. The molecular formula is C20H20FNO4. The van der Waals surface area contributed by atoms with E-state index in [-0.39, 0.29) is 18.3 Å². The van der Waals surface area contributed by atoms with E-state index in [4.69, 9.17) is 9.47 Å². The molecule has 0 saturated heterocycles. The van der Waals surface area contributed by atoms with Crippen molar-refractivity contribution in [2.75, 3.05) is 25.2 Å². The molecule has 0 saturated carbocycles. The molecule has 0 unspecified atom stereocenters. The summed E-state index contributed by atoms with van der Waals surface area (Å²) in [5, 5.41) is 0. The summed E-state index contributed by atoms with van der Waals surface area (Å²) in [6, 6.07) is 13.4. The van der Waals surface area contributed by atoms with Crippen LogP contribution < -0.4 is 9.64 Å². The van der Waals surface area contributed by atoms with Gasteiger partial charge in [0.05, 0.1) is 7.11 Å². The molecule has 2 rings (SSSR count). The summed E-state index contributed by atoms with van der Waals surface area (Å²) in [4.78, 5) is 25.5. The van der Waals surface area contributed by atoms with E-state index in [0.717, 1.165) is 11.8 Å². The zero-order chi connectivity index (χ0) is 18.9. The summed E-state index contributed by atoms with van der Waals surface area (Å²) in [6.07, 6.45) is 2.55. The lowest BCUT2D eigenvalue weighted by atomic mass is 10.2. The minimum atomic E-state index is -0.682. The number of anilines is 1. The Morgan fingerprint density at radius 1 is 1.15 bits per heavy atom. The summed E-state index contributed by atoms with van der Waals surface area (Å²) in [5.41, 5.74) is 1.21. The largest absolute Gasteiger partial charge is 0.494 e. The molecule has 2 aromatic carbocycles. The van der Waals surface area contributed by atoms with Gasteiger partial charge in [0.2, 0.25) is 0 Å². The normalized spacial score (nSPS) is 10.6. The summed E-state index contributed by atoms with van der Waals surface area (Å²) in [6.45, 7) is 1.93. The predicted molar refractivity (Wildman–Crippen MR) is 97.4 cm³/mol. The maximum Gasteiger partial charge on any atom is 0.331 e. The number of carbonyl (C=O) groups excluding carboxylic acids is 2. The second kappa shape index (κ2) is 9.36. The van der Waals surface area contributed by atoms with E-state index >= 15 is 0 Å². The van der Waals surface area contributed by atoms with Crippen molar-refractivity contribution < 1.29 is 23.5 Å². The van der Waals surface area contributed by atoms with Crippen molar-refractivity contribution in [3.63, 3.8) is 0 Å². The molecule has 1 amide bonds. The molecule has 0 radical (unpaired) electrons. The van der Waals surface area contributed by atoms with Crippen LogP contribution in [0.25, 0.3) is 6.08 Å². The van der Waals surface area contributed by atoms with Crippen molar-refractivity contribution in [3.8, 4) is 5.75 Å². The number of amides is 1. The average molecular weight is 357 g/mol. The first-order valence-electron chi connectivity index (χ1n) is 8.09. The number of methoxy groups -OCH3 is 1. The first-order chi connectivity index (χ1) is 12.5. The van der Waals surface area contributed by atoms with Crippen LogP contribution in [0.1, 0.15) is 12.5 Å². The van der Waals surface area contributed by atoms with Crippen molar-refractivity contribution in [1.29, 1.82) is 0 Å². The van der Waals surface area contributed by atoms with E-state index in [1.807, 2.05) is 25.1 Å². The summed E-state index contributed by atoms with van der Waals surface area (Å²) < 4.78 is 23.4. The Kier molecular flexibility index (Phi) is 6.91. The lowest BCUT2D eigenvalue weighted by Crippen LogP contribution is -2.34. The van der Waals surface area contributed by atoms with Gasteiger partial charge in [-0.25, -0.2) is 9.18 Å². The minimum absolute atomic E-state index is 0.121. The lowest BCUT2D eigenvalue weighted by Gasteiger charge is -2.20. The van der Waals surface area contributed by atoms with Gasteiger partial charge in [0, 0.05) is 18.3 Å². The van der Waals surface area contributed by atoms with Crippen molar-refractivity contribution in [1.82, 2.24) is 0 Å². The highest BCUT2D eigenvalue weighted by molar-refractivity contribution is 5.96. The first-order valence-corrected chi connectivity index (χ1v) is 8.09. The number of benzene rings is 2. The zero-order valence-electron chi connectivity index (χ0n) is 14.6. The van der Waals surface area contributed by atoms with Gasteiger partial charge in [-0.3, -0.25) is 4.79 Å². The van der Waals surface area contributed by atoms with Crippen LogP contribution in [0.3, 0.4) is 0 Å². The van der Waals surface area contributed by atoms with Gasteiger partial charge in [0.25, 0.3) is 5.91 Å². The predicted octanol–water partition coefficient (Wildman–Crippen LogP) is 3.44. The van der Waals surface area contributed by atoms with Gasteiger partial charge in [-0.05, 0) is 42.8 Å². The Morgan fingerprint density at radius 3 is 2.50 bits per heavy atom. The van der Waals surface area contributed by atoms with Gasteiger partial charge in [-0.2, -0.15) is 0 Å². The van der Waals surface area contributed by atoms with Crippen molar-refractivity contribution in [2.45, 2.75) is 6.92 Å². The molecule has 6 heteroatoms. The summed E-state index contributed by atoms with van der Waals surface area (Å²) >= 11 is 0. The molecule has 0 atom stereocenters. The van der Waals surface area contributed by atoms with Gasteiger partial charge in [-0.15, -0.1) is 0 Å². The molecule has 0 fully saturated rings. The summed E-state index contributed by atoms with van der Waals surface area (Å²) in [7, 11) is 1.37. The third kappa shape index (κ3) is 5.17. The quantitative estimate of drug-likeness (QED) is 0.563. The molecule has 0 aliphatic heterocycles. The van der Waals surface area contributed by atoms with E-state index in [0.29, 0.717) is 12.1 Å². The van der Waals surface area contributed by atoms with Crippen LogP contribution in [-0.4, -0.2) is 32.1 Å². The number of rotatable bonds is 7. The van der Waals surface area contributed by atoms with Crippen molar-refractivity contribution in [2.24, 2.45) is 0 Å². The number of hydrogen-bond donors (Lipinski definition) is 0. The average Bonchev–Trinajstić information content (AvgIpc) is 2.66. The van der Waals surface area contributed by atoms with Crippen LogP contribution in [0.4, 0.5) is 10.1 Å². The number of halogens is 1. The molecule has 0 aromatic heterocycles. The Hall–Kier alpha value is -3.15. The second-order valence-electron chi connectivity index (χ2n) is 5.31.